The number of carbonyl (C=O) groups excluding carboxylic acids is 2. The molecule has 1 rings (SSSR count). The maximum absolute atomic E-state index is 11.9. The van der Waals surface area contributed by atoms with Gasteiger partial charge in [-0.15, -0.1) is 12.4 Å². The van der Waals surface area contributed by atoms with Crippen molar-refractivity contribution in [2.45, 2.75) is 33.2 Å². The van der Waals surface area contributed by atoms with Crippen LogP contribution < -0.4 is 16.8 Å². The van der Waals surface area contributed by atoms with Gasteiger partial charge in [-0.3, -0.25) is 9.59 Å². The highest BCUT2D eigenvalue weighted by Gasteiger charge is 2.19. The third-order valence-electron chi connectivity index (χ3n) is 3.33. The maximum Gasteiger partial charge on any atom is 0.249 e. The van der Waals surface area contributed by atoms with Crippen LogP contribution in [-0.2, 0) is 4.79 Å². The first-order chi connectivity index (χ1) is 8.86. The van der Waals surface area contributed by atoms with Gasteiger partial charge >= 0.3 is 0 Å². The third-order valence-corrected chi connectivity index (χ3v) is 3.33. The highest BCUT2D eigenvalue weighted by molar-refractivity contribution is 5.98. The summed E-state index contributed by atoms with van der Waals surface area (Å²) in [6.07, 6.45) is 0.828. The molecule has 20 heavy (non-hydrogen) atoms. The number of rotatable bonds is 5. The number of aryl methyl sites for hydroxylation is 1. The number of anilines is 1. The van der Waals surface area contributed by atoms with Crippen LogP contribution in [0.4, 0.5) is 5.69 Å². The van der Waals surface area contributed by atoms with E-state index < -0.39 is 11.9 Å². The molecule has 2 unspecified atom stereocenters. The lowest BCUT2D eigenvalue weighted by atomic mass is 9.99. The van der Waals surface area contributed by atoms with Crippen molar-refractivity contribution in [1.29, 1.82) is 0 Å². The zero-order valence-electron chi connectivity index (χ0n) is 12.0. The lowest BCUT2D eigenvalue weighted by Gasteiger charge is -2.18. The fourth-order valence-electron chi connectivity index (χ4n) is 1.70. The van der Waals surface area contributed by atoms with E-state index in [-0.39, 0.29) is 24.2 Å². The van der Waals surface area contributed by atoms with Crippen molar-refractivity contribution in [2.75, 3.05) is 5.32 Å². The van der Waals surface area contributed by atoms with E-state index in [1.165, 1.54) is 0 Å². The molecule has 5 nitrogen and oxygen atoms in total. The molecule has 112 valence electrons. The summed E-state index contributed by atoms with van der Waals surface area (Å²) in [5.74, 6) is -0.672. The smallest absolute Gasteiger partial charge is 0.249 e. The molecule has 0 saturated heterocycles. The molecule has 2 atom stereocenters. The first kappa shape index (κ1) is 18.4. The molecule has 2 amide bonds. The van der Waals surface area contributed by atoms with Crippen LogP contribution in [0.5, 0.6) is 0 Å². The van der Waals surface area contributed by atoms with Crippen LogP contribution in [0.15, 0.2) is 18.2 Å². The Hall–Kier alpha value is -1.59. The Morgan fingerprint density at radius 1 is 1.35 bits per heavy atom. The number of benzene rings is 1. The molecule has 0 radical (unpaired) electrons. The Kier molecular flexibility index (Phi) is 7.24. The average molecular weight is 300 g/mol. The summed E-state index contributed by atoms with van der Waals surface area (Å²) in [5.41, 5.74) is 12.8. The predicted octanol–water partition coefficient (Wildman–Crippen LogP) is 1.83. The van der Waals surface area contributed by atoms with Crippen molar-refractivity contribution in [2.24, 2.45) is 17.4 Å². The molecule has 0 spiro atoms. The lowest BCUT2D eigenvalue weighted by Crippen LogP contribution is -2.40. The van der Waals surface area contributed by atoms with Crippen LogP contribution in [0, 0.1) is 12.8 Å². The summed E-state index contributed by atoms with van der Waals surface area (Å²) in [6.45, 7) is 5.69. The monoisotopic (exact) mass is 299 g/mol. The van der Waals surface area contributed by atoms with Gasteiger partial charge in [0.2, 0.25) is 11.8 Å². The molecule has 1 aromatic carbocycles. The quantitative estimate of drug-likeness (QED) is 0.773. The molecule has 0 aliphatic carbocycles. The zero-order chi connectivity index (χ0) is 14.6. The second kappa shape index (κ2) is 7.87. The summed E-state index contributed by atoms with van der Waals surface area (Å²) in [7, 11) is 0. The number of hydrogen-bond donors (Lipinski definition) is 3. The number of nitrogens with two attached hydrogens (primary N) is 2. The van der Waals surface area contributed by atoms with Gasteiger partial charge in [-0.1, -0.05) is 26.3 Å². The van der Waals surface area contributed by atoms with E-state index >= 15 is 0 Å². The lowest BCUT2D eigenvalue weighted by molar-refractivity contribution is -0.118. The van der Waals surface area contributed by atoms with Gasteiger partial charge in [0, 0.05) is 11.3 Å². The van der Waals surface area contributed by atoms with E-state index in [1.54, 1.807) is 25.1 Å². The minimum atomic E-state index is -0.566. The van der Waals surface area contributed by atoms with Crippen molar-refractivity contribution in [3.63, 3.8) is 0 Å². The average Bonchev–Trinajstić information content (AvgIpc) is 2.38. The number of hydrogen-bond acceptors (Lipinski definition) is 3. The molecule has 0 fully saturated rings. The fraction of sp³-hybridized carbons (Fsp3) is 0.429. The molecule has 6 heteroatoms. The molecular weight excluding hydrogens is 278 g/mol. The Bertz CT molecular complexity index is 491. The number of nitrogens with one attached hydrogen (secondary N) is 1. The van der Waals surface area contributed by atoms with Crippen molar-refractivity contribution in [3.8, 4) is 0 Å². The Balaban J connectivity index is 0.00000361. The van der Waals surface area contributed by atoms with E-state index in [1.807, 2.05) is 13.8 Å². The largest absolute Gasteiger partial charge is 0.366 e. The summed E-state index contributed by atoms with van der Waals surface area (Å²) < 4.78 is 0. The topological polar surface area (TPSA) is 98.2 Å². The van der Waals surface area contributed by atoms with Gasteiger partial charge in [-0.05, 0) is 30.5 Å². The van der Waals surface area contributed by atoms with Gasteiger partial charge in [0.25, 0.3) is 0 Å². The van der Waals surface area contributed by atoms with Gasteiger partial charge in [0.05, 0.1) is 6.04 Å². The Morgan fingerprint density at radius 3 is 2.45 bits per heavy atom. The molecule has 5 N–H and O–H groups in total. The van der Waals surface area contributed by atoms with Crippen LogP contribution >= 0.6 is 12.4 Å². The van der Waals surface area contributed by atoms with Gasteiger partial charge in [-0.25, -0.2) is 0 Å². The van der Waals surface area contributed by atoms with E-state index in [0.717, 1.165) is 12.0 Å². The molecule has 0 aromatic heterocycles. The molecule has 0 saturated carbocycles. The third kappa shape index (κ3) is 4.51. The second-order valence-electron chi connectivity index (χ2n) is 4.79. The van der Waals surface area contributed by atoms with Gasteiger partial charge < -0.3 is 16.8 Å². The normalized spacial score (nSPS) is 13.0. The number of amides is 2. The molecule has 1 aromatic rings. The van der Waals surface area contributed by atoms with E-state index in [9.17, 15) is 9.59 Å². The Labute approximate surface area is 125 Å². The summed E-state index contributed by atoms with van der Waals surface area (Å²) >= 11 is 0. The van der Waals surface area contributed by atoms with Crippen molar-refractivity contribution in [1.82, 2.24) is 0 Å². The highest BCUT2D eigenvalue weighted by atomic mass is 35.5. The van der Waals surface area contributed by atoms with Crippen molar-refractivity contribution in [3.05, 3.63) is 29.3 Å². The highest BCUT2D eigenvalue weighted by Crippen LogP contribution is 2.16. The van der Waals surface area contributed by atoms with Crippen LogP contribution in [0.2, 0.25) is 0 Å². The van der Waals surface area contributed by atoms with Crippen LogP contribution in [0.25, 0.3) is 0 Å². The van der Waals surface area contributed by atoms with Crippen molar-refractivity contribution < 1.29 is 9.59 Å². The molecule has 0 bridgehead atoms. The minimum Gasteiger partial charge on any atom is -0.366 e. The van der Waals surface area contributed by atoms with Crippen LogP contribution in [0.1, 0.15) is 36.2 Å². The van der Waals surface area contributed by atoms with Gasteiger partial charge in [0.1, 0.15) is 0 Å². The molecule has 0 aliphatic rings. The second-order valence-corrected chi connectivity index (χ2v) is 4.79. The maximum atomic E-state index is 11.9. The molecular formula is C14H22ClN3O2. The standard InChI is InChI=1S/C14H21N3O2.ClH/c1-4-8(2)12(15)14(19)17-10-6-5-9(3)11(7-10)13(16)18;/h5-8,12H,4,15H2,1-3H3,(H2,16,18)(H,17,19);1H. The first-order valence-electron chi connectivity index (χ1n) is 6.33. The number of halogens is 1. The number of carbonyl (C=O) groups is 2. The van der Waals surface area contributed by atoms with Crippen LogP contribution in [0.3, 0.4) is 0 Å². The van der Waals surface area contributed by atoms with E-state index in [2.05, 4.69) is 5.32 Å². The van der Waals surface area contributed by atoms with Gasteiger partial charge in [-0.2, -0.15) is 0 Å². The van der Waals surface area contributed by atoms with Gasteiger partial charge in [0.15, 0.2) is 0 Å². The minimum absolute atomic E-state index is 0. The summed E-state index contributed by atoms with van der Waals surface area (Å²) in [4.78, 5) is 23.2. The van der Waals surface area contributed by atoms with E-state index in [0.29, 0.717) is 11.3 Å². The van der Waals surface area contributed by atoms with Crippen LogP contribution in [-0.4, -0.2) is 17.9 Å². The van der Waals surface area contributed by atoms with E-state index in [4.69, 9.17) is 11.5 Å². The Morgan fingerprint density at radius 2 is 1.95 bits per heavy atom. The fourth-order valence-corrected chi connectivity index (χ4v) is 1.70. The zero-order valence-corrected chi connectivity index (χ0v) is 12.8. The summed E-state index contributed by atoms with van der Waals surface area (Å²) in [6, 6.07) is 4.47. The number of primary amides is 1. The molecule has 0 heterocycles. The predicted molar refractivity (Wildman–Crippen MR) is 83.0 cm³/mol. The SMILES string of the molecule is CCC(C)C(N)C(=O)Nc1ccc(C)c(C(N)=O)c1.Cl. The summed E-state index contributed by atoms with van der Waals surface area (Å²) in [5, 5.41) is 2.71. The first-order valence-corrected chi connectivity index (χ1v) is 6.33. The molecule has 0 aliphatic heterocycles. The van der Waals surface area contributed by atoms with Crippen molar-refractivity contribution >= 4 is 29.9 Å².